The van der Waals surface area contributed by atoms with Crippen molar-refractivity contribution < 1.29 is 0 Å². The van der Waals surface area contributed by atoms with Crippen molar-refractivity contribution in [3.8, 4) is 11.1 Å². The van der Waals surface area contributed by atoms with Gasteiger partial charge in [-0.05, 0) is 200 Å². The van der Waals surface area contributed by atoms with E-state index in [1.54, 1.807) is 0 Å². The smallest absolute Gasteiger partial charge is 0.0468 e. The molecular formula is C76H54N4. The number of nitrogens with zero attached hydrogens (tertiary/aromatic N) is 4. The summed E-state index contributed by atoms with van der Waals surface area (Å²) in [4.78, 5) is 9.34. The van der Waals surface area contributed by atoms with Crippen LogP contribution in [0.3, 0.4) is 0 Å². The highest BCUT2D eigenvalue weighted by atomic mass is 15.2. The predicted octanol–water partition coefficient (Wildman–Crippen LogP) is 21.8. The lowest BCUT2D eigenvalue weighted by Crippen LogP contribution is -2.10. The SMILES string of the molecule is c1ccc(N(c2ccccc2)c2ccc3c(ccc4cc(N(c5ccccc5)c5ccc(-c6ccc(N(c7ccccc7)c7ccc8c(ccc9cc(N(c%10ccccc%10)c%10ccccc%10)ccc98)c7)cc6)cc5)ccc43)c2)cc1. The second kappa shape index (κ2) is 21.0. The molecule has 0 heterocycles. The number of hydrogen-bond donors (Lipinski definition) is 0. The molecule has 0 atom stereocenters. The number of para-hydroxylation sites is 6. The Balaban J connectivity index is 0.751. The summed E-state index contributed by atoms with van der Waals surface area (Å²) in [6.07, 6.45) is 0. The first-order chi connectivity index (χ1) is 39.7. The maximum Gasteiger partial charge on any atom is 0.0468 e. The average molecular weight is 1020 g/mol. The Morgan fingerprint density at radius 3 is 0.512 bits per heavy atom. The van der Waals surface area contributed by atoms with Gasteiger partial charge in [-0.15, -0.1) is 0 Å². The third-order valence-electron chi connectivity index (χ3n) is 15.3. The molecule has 14 rings (SSSR count). The van der Waals surface area contributed by atoms with E-state index in [9.17, 15) is 0 Å². The summed E-state index contributed by atoms with van der Waals surface area (Å²) < 4.78 is 0. The van der Waals surface area contributed by atoms with Gasteiger partial charge in [0.15, 0.2) is 0 Å². The Morgan fingerprint density at radius 1 is 0.138 bits per heavy atom. The van der Waals surface area contributed by atoms with Gasteiger partial charge in [0, 0.05) is 68.2 Å². The van der Waals surface area contributed by atoms with Crippen LogP contribution in [0.25, 0.3) is 54.2 Å². The standard InChI is InChI=1S/C76H54N4/c1-7-19-61(20-8-1)77(62-21-9-2-10-22-62)69-43-47-73-57(51-69)31-33-59-53-71(45-49-75(59)73)79(65-27-15-5-16-28-65)67-39-35-55(36-40-67)56-37-41-68(42-38-56)80(66-29-17-6-18-30-66)72-46-50-76-60(54-72)34-32-58-52-70(44-48-74(58)76)78(63-23-11-3-12-24-63)64-25-13-4-14-26-64/h1-54H. The number of rotatable bonds is 13. The van der Waals surface area contributed by atoms with E-state index >= 15 is 0 Å². The molecule has 0 spiro atoms. The minimum absolute atomic E-state index is 1.09. The molecule has 0 bridgehead atoms. The van der Waals surface area contributed by atoms with Gasteiger partial charge in [-0.1, -0.05) is 182 Å². The fraction of sp³-hybridized carbons (Fsp3) is 0. The number of fused-ring (bicyclic) bond motifs is 6. The van der Waals surface area contributed by atoms with Crippen LogP contribution in [-0.2, 0) is 0 Å². The van der Waals surface area contributed by atoms with Crippen LogP contribution in [0.5, 0.6) is 0 Å². The highest BCUT2D eigenvalue weighted by molar-refractivity contribution is 6.11. The average Bonchev–Trinajstić information content (AvgIpc) is 3.57. The molecule has 0 saturated heterocycles. The maximum atomic E-state index is 2.35. The van der Waals surface area contributed by atoms with Crippen molar-refractivity contribution in [1.82, 2.24) is 0 Å². The van der Waals surface area contributed by atoms with Crippen molar-refractivity contribution in [2.75, 3.05) is 19.6 Å². The summed E-state index contributed by atoms with van der Waals surface area (Å²) in [5, 5.41) is 9.67. The minimum atomic E-state index is 1.09. The Labute approximate surface area is 467 Å². The lowest BCUT2D eigenvalue weighted by molar-refractivity contribution is 1.28. The molecule has 0 unspecified atom stereocenters. The number of benzene rings is 14. The second-order valence-corrected chi connectivity index (χ2v) is 20.2. The Bertz CT molecular complexity index is 4070. The van der Waals surface area contributed by atoms with Crippen molar-refractivity contribution in [3.63, 3.8) is 0 Å². The van der Waals surface area contributed by atoms with Crippen LogP contribution in [0, 0.1) is 0 Å². The fourth-order valence-corrected chi connectivity index (χ4v) is 11.5. The first kappa shape index (κ1) is 47.7. The highest BCUT2D eigenvalue weighted by Crippen LogP contribution is 2.43. The molecule has 0 aliphatic carbocycles. The van der Waals surface area contributed by atoms with E-state index in [1.807, 2.05) is 0 Å². The summed E-state index contributed by atoms with van der Waals surface area (Å²) in [7, 11) is 0. The molecule has 4 nitrogen and oxygen atoms in total. The van der Waals surface area contributed by atoms with Gasteiger partial charge < -0.3 is 19.6 Å². The van der Waals surface area contributed by atoms with Gasteiger partial charge in [0.05, 0.1) is 0 Å². The molecule has 4 heteroatoms. The predicted molar refractivity (Wildman–Crippen MR) is 341 cm³/mol. The van der Waals surface area contributed by atoms with Crippen LogP contribution in [0.4, 0.5) is 68.2 Å². The quantitative estimate of drug-likeness (QED) is 0.107. The largest absolute Gasteiger partial charge is 0.310 e. The molecule has 80 heavy (non-hydrogen) atoms. The first-order valence-corrected chi connectivity index (χ1v) is 27.3. The van der Waals surface area contributed by atoms with Crippen LogP contribution < -0.4 is 19.6 Å². The molecule has 0 saturated carbocycles. The summed E-state index contributed by atoms with van der Waals surface area (Å²) >= 11 is 0. The van der Waals surface area contributed by atoms with E-state index in [0.29, 0.717) is 0 Å². The van der Waals surface area contributed by atoms with Crippen LogP contribution >= 0.6 is 0 Å². The minimum Gasteiger partial charge on any atom is -0.310 e. The third-order valence-corrected chi connectivity index (χ3v) is 15.3. The van der Waals surface area contributed by atoms with E-state index in [2.05, 4.69) is 347 Å². The lowest BCUT2D eigenvalue weighted by atomic mass is 9.99. The van der Waals surface area contributed by atoms with Crippen molar-refractivity contribution >= 4 is 111 Å². The molecule has 0 aromatic heterocycles. The van der Waals surface area contributed by atoms with Crippen LogP contribution in [-0.4, -0.2) is 0 Å². The molecule has 378 valence electrons. The molecule has 14 aromatic carbocycles. The van der Waals surface area contributed by atoms with Gasteiger partial charge in [0.2, 0.25) is 0 Å². The summed E-state index contributed by atoms with van der Waals surface area (Å²) in [5.74, 6) is 0. The van der Waals surface area contributed by atoms with Gasteiger partial charge in [0.25, 0.3) is 0 Å². The zero-order chi connectivity index (χ0) is 53.2. The summed E-state index contributed by atoms with van der Waals surface area (Å²) in [6.45, 7) is 0. The molecule has 0 fully saturated rings. The third kappa shape index (κ3) is 9.21. The van der Waals surface area contributed by atoms with Gasteiger partial charge >= 0.3 is 0 Å². The van der Waals surface area contributed by atoms with Crippen LogP contribution in [0.15, 0.2) is 328 Å². The van der Waals surface area contributed by atoms with Gasteiger partial charge in [-0.25, -0.2) is 0 Å². The highest BCUT2D eigenvalue weighted by Gasteiger charge is 2.19. The van der Waals surface area contributed by atoms with Crippen molar-refractivity contribution in [2.45, 2.75) is 0 Å². The van der Waals surface area contributed by atoms with Crippen molar-refractivity contribution in [3.05, 3.63) is 328 Å². The normalized spacial score (nSPS) is 11.2. The van der Waals surface area contributed by atoms with Gasteiger partial charge in [0.1, 0.15) is 0 Å². The molecule has 0 aliphatic heterocycles. The molecule has 0 amide bonds. The lowest BCUT2D eigenvalue weighted by Gasteiger charge is -2.27. The monoisotopic (exact) mass is 1020 g/mol. The zero-order valence-corrected chi connectivity index (χ0v) is 44.0. The van der Waals surface area contributed by atoms with Gasteiger partial charge in [-0.3, -0.25) is 0 Å². The molecular weight excluding hydrogens is 969 g/mol. The molecule has 0 aliphatic rings. The van der Waals surface area contributed by atoms with Crippen molar-refractivity contribution in [2.24, 2.45) is 0 Å². The number of hydrogen-bond acceptors (Lipinski definition) is 4. The maximum absolute atomic E-state index is 2.35. The Hall–Kier alpha value is -10.7. The van der Waals surface area contributed by atoms with E-state index in [-0.39, 0.29) is 0 Å². The van der Waals surface area contributed by atoms with Crippen LogP contribution in [0.1, 0.15) is 0 Å². The fourth-order valence-electron chi connectivity index (χ4n) is 11.5. The zero-order valence-electron chi connectivity index (χ0n) is 44.0. The van der Waals surface area contributed by atoms with Gasteiger partial charge in [-0.2, -0.15) is 0 Å². The molecule has 14 aromatic rings. The van der Waals surface area contributed by atoms with Crippen molar-refractivity contribution in [1.29, 1.82) is 0 Å². The molecule has 0 radical (unpaired) electrons. The van der Waals surface area contributed by atoms with E-state index in [4.69, 9.17) is 0 Å². The topological polar surface area (TPSA) is 13.0 Å². The second-order valence-electron chi connectivity index (χ2n) is 20.2. The van der Waals surface area contributed by atoms with E-state index in [0.717, 1.165) is 79.4 Å². The summed E-state index contributed by atoms with van der Waals surface area (Å²) in [6, 6.07) is 118. The Kier molecular flexibility index (Phi) is 12.6. The molecule has 0 N–H and O–H groups in total. The summed E-state index contributed by atoms with van der Waals surface area (Å²) in [5.41, 5.74) is 15.6. The Morgan fingerprint density at radius 2 is 0.312 bits per heavy atom. The van der Waals surface area contributed by atoms with E-state index in [1.165, 1.54) is 43.1 Å². The number of anilines is 12. The van der Waals surface area contributed by atoms with Crippen LogP contribution in [0.2, 0.25) is 0 Å². The van der Waals surface area contributed by atoms with E-state index < -0.39 is 0 Å². The first-order valence-electron chi connectivity index (χ1n) is 27.3.